The Kier molecular flexibility index (Phi) is 1.54. The molecular formula is C10H11NO. The van der Waals surface area contributed by atoms with Gasteiger partial charge in [0.1, 0.15) is 0 Å². The largest absolute Gasteiger partial charge is 0.439 e. The maximum atomic E-state index is 5.54. The lowest BCUT2D eigenvalue weighted by molar-refractivity contribution is 0.450. The van der Waals surface area contributed by atoms with Gasteiger partial charge in [0.2, 0.25) is 0 Å². The van der Waals surface area contributed by atoms with Gasteiger partial charge in [-0.1, -0.05) is 12.1 Å². The highest BCUT2D eigenvalue weighted by molar-refractivity contribution is 5.63. The Morgan fingerprint density at radius 2 is 2.00 bits per heavy atom. The number of para-hydroxylation sites is 2. The van der Waals surface area contributed by atoms with E-state index in [2.05, 4.69) is 5.32 Å². The van der Waals surface area contributed by atoms with Crippen LogP contribution in [-0.4, -0.2) is 0 Å². The van der Waals surface area contributed by atoms with Crippen LogP contribution in [0, 0.1) is 0 Å². The number of benzene rings is 1. The minimum Gasteiger partial charge on any atom is -0.439 e. The first kappa shape index (κ1) is 7.22. The predicted molar refractivity (Wildman–Crippen MR) is 49.1 cm³/mol. The fourth-order valence-electron chi connectivity index (χ4n) is 1.14. The summed E-state index contributed by atoms with van der Waals surface area (Å²) in [7, 11) is 0. The highest BCUT2D eigenvalue weighted by Gasteiger charge is 2.15. The summed E-state index contributed by atoms with van der Waals surface area (Å²) in [5, 5.41) is 3.19. The van der Waals surface area contributed by atoms with Gasteiger partial charge >= 0.3 is 0 Å². The van der Waals surface area contributed by atoms with E-state index in [1.54, 1.807) is 0 Å². The summed E-state index contributed by atoms with van der Waals surface area (Å²) in [6, 6.07) is 7.92. The van der Waals surface area contributed by atoms with Gasteiger partial charge in [0.15, 0.2) is 11.6 Å². The highest BCUT2D eigenvalue weighted by Crippen LogP contribution is 2.33. The summed E-state index contributed by atoms with van der Waals surface area (Å²) in [5.74, 6) is 1.77. The van der Waals surface area contributed by atoms with Gasteiger partial charge in [0.25, 0.3) is 0 Å². The van der Waals surface area contributed by atoms with Crippen LogP contribution >= 0.6 is 0 Å². The molecule has 0 unspecified atom stereocenters. The van der Waals surface area contributed by atoms with Crippen molar-refractivity contribution in [1.29, 1.82) is 0 Å². The van der Waals surface area contributed by atoms with Crippen molar-refractivity contribution < 1.29 is 4.74 Å². The average Bonchev–Trinajstić information content (AvgIpc) is 2.46. The molecule has 1 aromatic rings. The van der Waals surface area contributed by atoms with Gasteiger partial charge in [0, 0.05) is 0 Å². The zero-order valence-electron chi connectivity index (χ0n) is 7.22. The van der Waals surface area contributed by atoms with Crippen LogP contribution in [0.1, 0.15) is 13.8 Å². The fraction of sp³-hybridized carbons (Fsp3) is 0.200. The Morgan fingerprint density at radius 3 is 2.67 bits per heavy atom. The highest BCUT2D eigenvalue weighted by atomic mass is 16.5. The van der Waals surface area contributed by atoms with Gasteiger partial charge in [-0.2, -0.15) is 0 Å². The molecule has 0 aromatic heterocycles. The van der Waals surface area contributed by atoms with E-state index >= 15 is 0 Å². The summed E-state index contributed by atoms with van der Waals surface area (Å²) in [6.07, 6.45) is 0. The summed E-state index contributed by atoms with van der Waals surface area (Å²) in [6.45, 7) is 4.04. The third-order valence-electron chi connectivity index (χ3n) is 1.80. The van der Waals surface area contributed by atoms with Crippen LogP contribution in [0.15, 0.2) is 35.7 Å². The van der Waals surface area contributed by atoms with Gasteiger partial charge in [0.05, 0.1) is 5.69 Å². The van der Waals surface area contributed by atoms with Gasteiger partial charge in [-0.25, -0.2) is 0 Å². The molecule has 2 nitrogen and oxygen atoms in total. The second-order valence-corrected chi connectivity index (χ2v) is 3.05. The molecule has 0 amide bonds. The zero-order chi connectivity index (χ0) is 8.55. The number of rotatable bonds is 0. The summed E-state index contributed by atoms with van der Waals surface area (Å²) < 4.78 is 5.54. The Morgan fingerprint density at radius 1 is 1.25 bits per heavy atom. The zero-order valence-corrected chi connectivity index (χ0v) is 7.22. The topological polar surface area (TPSA) is 21.3 Å². The number of allylic oxidation sites excluding steroid dienone is 1. The molecule has 0 bridgehead atoms. The smallest absolute Gasteiger partial charge is 0.196 e. The van der Waals surface area contributed by atoms with Crippen LogP contribution in [0.4, 0.5) is 5.69 Å². The number of nitrogens with one attached hydrogen (secondary N) is 1. The SMILES string of the molecule is CC(C)=C1Nc2ccccc2O1. The Labute approximate surface area is 71.9 Å². The number of hydrogen-bond donors (Lipinski definition) is 1. The third kappa shape index (κ3) is 1.05. The average molecular weight is 161 g/mol. The fourth-order valence-corrected chi connectivity index (χ4v) is 1.14. The van der Waals surface area contributed by atoms with E-state index in [-0.39, 0.29) is 0 Å². The lowest BCUT2D eigenvalue weighted by Gasteiger charge is -1.99. The van der Waals surface area contributed by atoms with Gasteiger partial charge in [-0.3, -0.25) is 0 Å². The van der Waals surface area contributed by atoms with E-state index in [0.29, 0.717) is 0 Å². The Balaban J connectivity index is 2.40. The summed E-state index contributed by atoms with van der Waals surface area (Å²) >= 11 is 0. The molecule has 2 rings (SSSR count). The van der Waals surface area contributed by atoms with Crippen molar-refractivity contribution in [2.45, 2.75) is 13.8 Å². The van der Waals surface area contributed by atoms with E-state index in [1.165, 1.54) is 0 Å². The molecule has 0 spiro atoms. The van der Waals surface area contributed by atoms with Crippen molar-refractivity contribution in [2.75, 3.05) is 5.32 Å². The monoisotopic (exact) mass is 161 g/mol. The third-order valence-corrected chi connectivity index (χ3v) is 1.80. The van der Waals surface area contributed by atoms with Crippen molar-refractivity contribution in [3.8, 4) is 5.75 Å². The van der Waals surface area contributed by atoms with Crippen LogP contribution in [0.2, 0.25) is 0 Å². The Bertz CT molecular complexity index is 310. The summed E-state index contributed by atoms with van der Waals surface area (Å²) in [5.41, 5.74) is 2.21. The van der Waals surface area contributed by atoms with Crippen molar-refractivity contribution in [3.63, 3.8) is 0 Å². The predicted octanol–water partition coefficient (Wildman–Crippen LogP) is 2.74. The molecule has 1 aliphatic heterocycles. The molecule has 2 heteroatoms. The lowest BCUT2D eigenvalue weighted by Crippen LogP contribution is -1.98. The number of hydrogen-bond acceptors (Lipinski definition) is 2. The van der Waals surface area contributed by atoms with E-state index in [0.717, 1.165) is 22.9 Å². The quantitative estimate of drug-likeness (QED) is 0.631. The van der Waals surface area contributed by atoms with E-state index in [1.807, 2.05) is 38.1 Å². The molecule has 0 radical (unpaired) electrons. The van der Waals surface area contributed by atoms with E-state index in [4.69, 9.17) is 4.74 Å². The molecule has 0 atom stereocenters. The second-order valence-electron chi connectivity index (χ2n) is 3.05. The molecule has 1 heterocycles. The normalized spacial score (nSPS) is 13.3. The molecule has 1 N–H and O–H groups in total. The van der Waals surface area contributed by atoms with Crippen LogP contribution in [0.3, 0.4) is 0 Å². The minimum absolute atomic E-state index is 0.858. The van der Waals surface area contributed by atoms with Crippen molar-refractivity contribution in [3.05, 3.63) is 35.7 Å². The minimum atomic E-state index is 0.858. The van der Waals surface area contributed by atoms with Crippen LogP contribution in [0.25, 0.3) is 0 Å². The van der Waals surface area contributed by atoms with Gasteiger partial charge < -0.3 is 10.1 Å². The standard InChI is InChI=1S/C10H11NO/c1-7(2)10-11-8-5-3-4-6-9(8)12-10/h3-6,11H,1-2H3. The number of fused-ring (bicyclic) bond motifs is 1. The van der Waals surface area contributed by atoms with Crippen LogP contribution in [0.5, 0.6) is 5.75 Å². The molecule has 0 saturated heterocycles. The van der Waals surface area contributed by atoms with Crippen LogP contribution < -0.4 is 10.1 Å². The van der Waals surface area contributed by atoms with Crippen molar-refractivity contribution in [2.24, 2.45) is 0 Å². The molecule has 62 valence electrons. The number of anilines is 1. The lowest BCUT2D eigenvalue weighted by atomic mass is 10.3. The van der Waals surface area contributed by atoms with Gasteiger partial charge in [-0.05, 0) is 31.6 Å². The van der Waals surface area contributed by atoms with E-state index < -0.39 is 0 Å². The van der Waals surface area contributed by atoms with Crippen LogP contribution in [-0.2, 0) is 0 Å². The van der Waals surface area contributed by atoms with E-state index in [9.17, 15) is 0 Å². The number of ether oxygens (including phenoxy) is 1. The molecule has 1 aliphatic rings. The second kappa shape index (κ2) is 2.55. The molecule has 0 saturated carbocycles. The molecule has 0 fully saturated rings. The maximum absolute atomic E-state index is 5.54. The molecular weight excluding hydrogens is 150 g/mol. The van der Waals surface area contributed by atoms with Gasteiger partial charge in [-0.15, -0.1) is 0 Å². The molecule has 1 aromatic carbocycles. The van der Waals surface area contributed by atoms with Crippen molar-refractivity contribution >= 4 is 5.69 Å². The first-order chi connectivity index (χ1) is 5.77. The summed E-state index contributed by atoms with van der Waals surface area (Å²) in [4.78, 5) is 0. The Hall–Kier alpha value is -1.44. The van der Waals surface area contributed by atoms with Crippen molar-refractivity contribution in [1.82, 2.24) is 0 Å². The molecule has 12 heavy (non-hydrogen) atoms. The first-order valence-corrected chi connectivity index (χ1v) is 3.99. The molecule has 0 aliphatic carbocycles. The maximum Gasteiger partial charge on any atom is 0.196 e. The first-order valence-electron chi connectivity index (χ1n) is 3.99.